The van der Waals surface area contributed by atoms with Gasteiger partial charge in [0.25, 0.3) is 0 Å². The summed E-state index contributed by atoms with van der Waals surface area (Å²) in [5.74, 6) is 1.29. The van der Waals surface area contributed by atoms with E-state index in [0.717, 1.165) is 32.0 Å². The fraction of sp³-hybridized carbons (Fsp3) is 0.700. The number of aliphatic hydroxyl groups is 1. The molecule has 1 aliphatic carbocycles. The van der Waals surface area contributed by atoms with Gasteiger partial charge in [-0.1, -0.05) is 43.2 Å². The van der Waals surface area contributed by atoms with Gasteiger partial charge >= 0.3 is 0 Å². The standard InChI is InChI=1S/C20H32N2O/c1-16(23)19-11-20(21-12-17-7-3-2-4-8-17)15-22(14-19)13-18-9-5-6-10-18/h2-4,7-8,16,18-21,23H,5-6,9-15H2,1H3. The highest BCUT2D eigenvalue weighted by molar-refractivity contribution is 5.14. The lowest BCUT2D eigenvalue weighted by Gasteiger charge is -2.40. The zero-order valence-corrected chi connectivity index (χ0v) is 14.5. The molecule has 1 saturated heterocycles. The van der Waals surface area contributed by atoms with E-state index < -0.39 is 0 Å². The van der Waals surface area contributed by atoms with Gasteiger partial charge in [0.05, 0.1) is 6.10 Å². The molecule has 1 saturated carbocycles. The number of aliphatic hydroxyl groups excluding tert-OH is 1. The van der Waals surface area contributed by atoms with Crippen LogP contribution in [0.4, 0.5) is 0 Å². The molecule has 23 heavy (non-hydrogen) atoms. The van der Waals surface area contributed by atoms with Crippen molar-refractivity contribution in [3.8, 4) is 0 Å². The maximum atomic E-state index is 10.1. The van der Waals surface area contributed by atoms with Gasteiger partial charge in [-0.3, -0.25) is 0 Å². The van der Waals surface area contributed by atoms with Crippen molar-refractivity contribution < 1.29 is 5.11 Å². The van der Waals surface area contributed by atoms with E-state index in [-0.39, 0.29) is 6.10 Å². The average molecular weight is 316 g/mol. The maximum absolute atomic E-state index is 10.1. The van der Waals surface area contributed by atoms with Crippen molar-refractivity contribution >= 4 is 0 Å². The topological polar surface area (TPSA) is 35.5 Å². The van der Waals surface area contributed by atoms with Crippen molar-refractivity contribution in [3.05, 3.63) is 35.9 Å². The summed E-state index contributed by atoms with van der Waals surface area (Å²) >= 11 is 0. The Morgan fingerprint density at radius 2 is 1.91 bits per heavy atom. The molecule has 0 bridgehead atoms. The monoisotopic (exact) mass is 316 g/mol. The molecular weight excluding hydrogens is 284 g/mol. The summed E-state index contributed by atoms with van der Waals surface area (Å²) in [5, 5.41) is 13.8. The fourth-order valence-corrected chi connectivity index (χ4v) is 4.29. The van der Waals surface area contributed by atoms with Crippen molar-refractivity contribution in [3.63, 3.8) is 0 Å². The molecule has 0 spiro atoms. The number of rotatable bonds is 6. The van der Waals surface area contributed by atoms with Gasteiger partial charge in [-0.2, -0.15) is 0 Å². The summed E-state index contributed by atoms with van der Waals surface area (Å²) in [6.45, 7) is 6.31. The third kappa shape index (κ3) is 5.03. The molecule has 128 valence electrons. The van der Waals surface area contributed by atoms with Crippen LogP contribution in [0.2, 0.25) is 0 Å². The van der Waals surface area contributed by atoms with E-state index in [9.17, 15) is 5.11 Å². The first-order valence-corrected chi connectivity index (χ1v) is 9.38. The van der Waals surface area contributed by atoms with Crippen LogP contribution in [0.1, 0.15) is 44.6 Å². The van der Waals surface area contributed by atoms with Gasteiger partial charge in [0, 0.05) is 32.2 Å². The van der Waals surface area contributed by atoms with Crippen LogP contribution in [0.3, 0.4) is 0 Å². The third-order valence-electron chi connectivity index (χ3n) is 5.67. The fourth-order valence-electron chi connectivity index (χ4n) is 4.29. The van der Waals surface area contributed by atoms with Crippen LogP contribution in [0, 0.1) is 11.8 Å². The number of nitrogens with one attached hydrogen (secondary N) is 1. The molecule has 3 unspecified atom stereocenters. The van der Waals surface area contributed by atoms with Crippen LogP contribution in [-0.2, 0) is 6.54 Å². The molecule has 0 radical (unpaired) electrons. The van der Waals surface area contributed by atoms with Crippen molar-refractivity contribution in [2.24, 2.45) is 11.8 Å². The largest absolute Gasteiger partial charge is 0.393 e. The molecule has 2 fully saturated rings. The third-order valence-corrected chi connectivity index (χ3v) is 5.67. The van der Waals surface area contributed by atoms with Gasteiger partial charge in [-0.25, -0.2) is 0 Å². The molecule has 3 heteroatoms. The second-order valence-electron chi connectivity index (χ2n) is 7.67. The summed E-state index contributed by atoms with van der Waals surface area (Å²) in [5.41, 5.74) is 1.34. The predicted molar refractivity (Wildman–Crippen MR) is 95.3 cm³/mol. The average Bonchev–Trinajstić information content (AvgIpc) is 3.06. The Bertz CT molecular complexity index is 454. The summed E-state index contributed by atoms with van der Waals surface area (Å²) < 4.78 is 0. The quantitative estimate of drug-likeness (QED) is 0.847. The predicted octanol–water partition coefficient (Wildman–Crippen LogP) is 3.04. The molecule has 1 heterocycles. The second kappa shape index (κ2) is 8.27. The lowest BCUT2D eigenvalue weighted by Crippen LogP contribution is -2.52. The second-order valence-corrected chi connectivity index (χ2v) is 7.67. The Hall–Kier alpha value is -0.900. The molecule has 0 aromatic heterocycles. The number of benzene rings is 1. The molecule has 2 aliphatic rings. The Balaban J connectivity index is 1.55. The van der Waals surface area contributed by atoms with Crippen molar-refractivity contribution in [2.45, 2.75) is 57.7 Å². The highest BCUT2D eigenvalue weighted by atomic mass is 16.3. The molecule has 1 aromatic carbocycles. The van der Waals surface area contributed by atoms with Gasteiger partial charge in [0.1, 0.15) is 0 Å². The molecule has 3 atom stereocenters. The Morgan fingerprint density at radius 3 is 2.61 bits per heavy atom. The van der Waals surface area contributed by atoms with Crippen molar-refractivity contribution in [1.82, 2.24) is 10.2 Å². The van der Waals surface area contributed by atoms with E-state index in [0.29, 0.717) is 12.0 Å². The van der Waals surface area contributed by atoms with Crippen LogP contribution in [0.25, 0.3) is 0 Å². The number of likely N-dealkylation sites (tertiary alicyclic amines) is 1. The SMILES string of the molecule is CC(O)C1CC(NCc2ccccc2)CN(CC2CCCC2)C1. The minimum absolute atomic E-state index is 0.206. The summed E-state index contributed by atoms with van der Waals surface area (Å²) in [6, 6.07) is 11.1. The number of hydrogen-bond acceptors (Lipinski definition) is 3. The van der Waals surface area contributed by atoms with Crippen LogP contribution < -0.4 is 5.32 Å². The Kier molecular flexibility index (Phi) is 6.09. The number of piperidine rings is 1. The smallest absolute Gasteiger partial charge is 0.0553 e. The zero-order chi connectivity index (χ0) is 16.1. The first kappa shape index (κ1) is 16.9. The number of nitrogens with zero attached hydrogens (tertiary/aromatic N) is 1. The lowest BCUT2D eigenvalue weighted by atomic mass is 9.89. The van der Waals surface area contributed by atoms with Crippen LogP contribution in [0.5, 0.6) is 0 Å². The molecule has 1 aromatic rings. The van der Waals surface area contributed by atoms with E-state index in [4.69, 9.17) is 0 Å². The first-order valence-electron chi connectivity index (χ1n) is 9.38. The lowest BCUT2D eigenvalue weighted by molar-refractivity contribution is 0.0416. The van der Waals surface area contributed by atoms with E-state index in [1.54, 1.807) is 0 Å². The normalized spacial score (nSPS) is 28.1. The van der Waals surface area contributed by atoms with Gasteiger partial charge < -0.3 is 15.3 Å². The highest BCUT2D eigenvalue weighted by Gasteiger charge is 2.31. The summed E-state index contributed by atoms with van der Waals surface area (Å²) in [4.78, 5) is 2.61. The van der Waals surface area contributed by atoms with Gasteiger partial charge in [-0.05, 0) is 43.6 Å². The van der Waals surface area contributed by atoms with Gasteiger partial charge in [-0.15, -0.1) is 0 Å². The maximum Gasteiger partial charge on any atom is 0.0553 e. The molecule has 1 aliphatic heterocycles. The molecule has 2 N–H and O–H groups in total. The number of hydrogen-bond donors (Lipinski definition) is 2. The molecule has 0 amide bonds. The van der Waals surface area contributed by atoms with E-state index in [1.807, 2.05) is 6.92 Å². The van der Waals surface area contributed by atoms with E-state index >= 15 is 0 Å². The van der Waals surface area contributed by atoms with Gasteiger partial charge in [0.2, 0.25) is 0 Å². The highest BCUT2D eigenvalue weighted by Crippen LogP contribution is 2.28. The van der Waals surface area contributed by atoms with Crippen LogP contribution >= 0.6 is 0 Å². The van der Waals surface area contributed by atoms with Gasteiger partial charge in [0.15, 0.2) is 0 Å². The first-order chi connectivity index (χ1) is 11.2. The minimum Gasteiger partial charge on any atom is -0.393 e. The minimum atomic E-state index is -0.206. The zero-order valence-electron chi connectivity index (χ0n) is 14.5. The Labute approximate surface area is 141 Å². The van der Waals surface area contributed by atoms with Crippen molar-refractivity contribution in [1.29, 1.82) is 0 Å². The molecular formula is C20H32N2O. The van der Waals surface area contributed by atoms with E-state index in [1.165, 1.54) is 37.8 Å². The van der Waals surface area contributed by atoms with Crippen LogP contribution in [-0.4, -0.2) is 41.8 Å². The summed E-state index contributed by atoms with van der Waals surface area (Å²) in [7, 11) is 0. The molecule has 3 nitrogen and oxygen atoms in total. The molecule has 3 rings (SSSR count). The Morgan fingerprint density at radius 1 is 1.17 bits per heavy atom. The van der Waals surface area contributed by atoms with Crippen molar-refractivity contribution in [2.75, 3.05) is 19.6 Å². The van der Waals surface area contributed by atoms with Crippen LogP contribution in [0.15, 0.2) is 30.3 Å². The van der Waals surface area contributed by atoms with E-state index in [2.05, 4.69) is 40.5 Å². The summed E-state index contributed by atoms with van der Waals surface area (Å²) in [6.07, 6.45) is 6.51.